The summed E-state index contributed by atoms with van der Waals surface area (Å²) < 4.78 is 6.47. The fourth-order valence-electron chi connectivity index (χ4n) is 2.00. The number of thiophene rings is 1. The van der Waals surface area contributed by atoms with Crippen LogP contribution in [0.3, 0.4) is 0 Å². The molecular weight excluding hydrogens is 310 g/mol. The van der Waals surface area contributed by atoms with Crippen molar-refractivity contribution in [1.82, 2.24) is 0 Å². The van der Waals surface area contributed by atoms with E-state index < -0.39 is 0 Å². The maximum absolute atomic E-state index is 5.90. The van der Waals surface area contributed by atoms with Crippen LogP contribution in [-0.2, 0) is 6.42 Å². The Bertz CT molecular complexity index is 499. The summed E-state index contributed by atoms with van der Waals surface area (Å²) in [5, 5.41) is 2.09. The molecule has 0 spiro atoms. The second kappa shape index (κ2) is 6.36. The summed E-state index contributed by atoms with van der Waals surface area (Å²) >= 11 is 5.26. The van der Waals surface area contributed by atoms with Crippen LogP contribution in [0.25, 0.3) is 0 Å². The van der Waals surface area contributed by atoms with Crippen LogP contribution in [-0.4, -0.2) is 13.7 Å². The van der Waals surface area contributed by atoms with Crippen molar-refractivity contribution < 1.29 is 4.74 Å². The molecule has 2 N–H and O–H groups in total. The summed E-state index contributed by atoms with van der Waals surface area (Å²) in [6.07, 6.45) is 0.902. The van der Waals surface area contributed by atoms with Crippen LogP contribution in [0.4, 0.5) is 0 Å². The van der Waals surface area contributed by atoms with Crippen molar-refractivity contribution in [3.8, 4) is 5.75 Å². The van der Waals surface area contributed by atoms with Crippen LogP contribution in [0.1, 0.15) is 16.4 Å². The van der Waals surface area contributed by atoms with Gasteiger partial charge in [-0.3, -0.25) is 0 Å². The lowest BCUT2D eigenvalue weighted by atomic mass is 9.97. The molecule has 1 aromatic heterocycles. The SMILES string of the molecule is COc1ccc(Br)cc1CC(CN)c1cccs1. The van der Waals surface area contributed by atoms with E-state index in [1.165, 1.54) is 10.4 Å². The third-order valence-electron chi connectivity index (χ3n) is 2.94. The molecule has 0 fully saturated rings. The number of benzene rings is 1. The average Bonchev–Trinajstić information content (AvgIpc) is 2.90. The van der Waals surface area contributed by atoms with Crippen molar-refractivity contribution in [2.24, 2.45) is 5.73 Å². The lowest BCUT2D eigenvalue weighted by molar-refractivity contribution is 0.408. The van der Waals surface area contributed by atoms with E-state index in [-0.39, 0.29) is 0 Å². The Morgan fingerprint density at radius 3 is 2.83 bits per heavy atom. The highest BCUT2D eigenvalue weighted by Gasteiger charge is 2.14. The predicted octanol–water partition coefficient (Wildman–Crippen LogP) is 3.80. The minimum absolute atomic E-state index is 0.355. The first kappa shape index (κ1) is 13.6. The Balaban J connectivity index is 2.24. The van der Waals surface area contributed by atoms with E-state index in [0.717, 1.165) is 16.6 Å². The summed E-state index contributed by atoms with van der Waals surface area (Å²) in [5.74, 6) is 1.28. The molecule has 18 heavy (non-hydrogen) atoms. The largest absolute Gasteiger partial charge is 0.496 e. The molecule has 0 radical (unpaired) electrons. The first-order valence-electron chi connectivity index (χ1n) is 5.80. The van der Waals surface area contributed by atoms with Gasteiger partial charge in [0.2, 0.25) is 0 Å². The summed E-state index contributed by atoms with van der Waals surface area (Å²) in [6.45, 7) is 0.649. The number of halogens is 1. The average molecular weight is 326 g/mol. The maximum Gasteiger partial charge on any atom is 0.122 e. The fraction of sp³-hybridized carbons (Fsp3) is 0.286. The molecule has 1 aromatic carbocycles. The third kappa shape index (κ3) is 3.13. The van der Waals surface area contributed by atoms with Crippen LogP contribution >= 0.6 is 27.3 Å². The minimum Gasteiger partial charge on any atom is -0.496 e. The van der Waals surface area contributed by atoms with Gasteiger partial charge in [-0.1, -0.05) is 22.0 Å². The number of hydrogen-bond acceptors (Lipinski definition) is 3. The molecule has 2 rings (SSSR count). The van der Waals surface area contributed by atoms with Crippen LogP contribution in [0.2, 0.25) is 0 Å². The van der Waals surface area contributed by atoms with Gasteiger partial charge in [0, 0.05) is 21.8 Å². The van der Waals surface area contributed by atoms with Gasteiger partial charge in [-0.2, -0.15) is 0 Å². The first-order valence-corrected chi connectivity index (χ1v) is 7.47. The Labute approximate surface area is 120 Å². The smallest absolute Gasteiger partial charge is 0.122 e. The van der Waals surface area contributed by atoms with Crippen LogP contribution in [0, 0.1) is 0 Å². The van der Waals surface area contributed by atoms with Gasteiger partial charge in [0.05, 0.1) is 7.11 Å². The number of ether oxygens (including phenoxy) is 1. The second-order valence-corrected chi connectivity index (χ2v) is 6.00. The lowest BCUT2D eigenvalue weighted by Crippen LogP contribution is -2.14. The summed E-state index contributed by atoms with van der Waals surface area (Å²) in [5.41, 5.74) is 7.09. The van der Waals surface area contributed by atoms with Gasteiger partial charge >= 0.3 is 0 Å². The van der Waals surface area contributed by atoms with Crippen molar-refractivity contribution in [2.75, 3.05) is 13.7 Å². The molecular formula is C14H16BrNOS. The molecule has 0 aliphatic heterocycles. The second-order valence-electron chi connectivity index (χ2n) is 4.11. The van der Waals surface area contributed by atoms with Gasteiger partial charge in [0.1, 0.15) is 5.75 Å². The van der Waals surface area contributed by atoms with Gasteiger partial charge in [0.25, 0.3) is 0 Å². The monoisotopic (exact) mass is 325 g/mol. The lowest BCUT2D eigenvalue weighted by Gasteiger charge is -2.15. The molecule has 2 nitrogen and oxygen atoms in total. The molecule has 96 valence electrons. The summed E-state index contributed by atoms with van der Waals surface area (Å²) in [6, 6.07) is 10.3. The number of rotatable bonds is 5. The standard InChI is InChI=1S/C14H16BrNOS/c1-17-13-5-4-12(15)8-10(13)7-11(9-16)14-3-2-6-18-14/h2-6,8,11H,7,9,16H2,1H3. The maximum atomic E-state index is 5.90. The molecule has 1 atom stereocenters. The minimum atomic E-state index is 0.355. The molecule has 2 aromatic rings. The third-order valence-corrected chi connectivity index (χ3v) is 4.47. The Hall–Kier alpha value is -0.840. The number of hydrogen-bond donors (Lipinski definition) is 1. The van der Waals surface area contributed by atoms with Gasteiger partial charge in [-0.05, 0) is 41.6 Å². The van der Waals surface area contributed by atoms with E-state index in [1.807, 2.05) is 12.1 Å². The van der Waals surface area contributed by atoms with Crippen LogP contribution < -0.4 is 10.5 Å². The van der Waals surface area contributed by atoms with Gasteiger partial charge < -0.3 is 10.5 Å². The molecule has 4 heteroatoms. The molecule has 1 heterocycles. The van der Waals surface area contributed by atoms with E-state index in [2.05, 4.69) is 39.5 Å². The summed E-state index contributed by atoms with van der Waals surface area (Å²) in [7, 11) is 1.70. The summed E-state index contributed by atoms with van der Waals surface area (Å²) in [4.78, 5) is 1.33. The highest BCUT2D eigenvalue weighted by atomic mass is 79.9. The zero-order valence-corrected chi connectivity index (χ0v) is 12.6. The Morgan fingerprint density at radius 1 is 1.39 bits per heavy atom. The molecule has 0 saturated carbocycles. The van der Waals surface area contributed by atoms with E-state index in [9.17, 15) is 0 Å². The predicted molar refractivity (Wildman–Crippen MR) is 80.5 cm³/mol. The first-order chi connectivity index (χ1) is 8.74. The fourth-order valence-corrected chi connectivity index (χ4v) is 3.25. The van der Waals surface area contributed by atoms with Crippen molar-refractivity contribution in [2.45, 2.75) is 12.3 Å². The topological polar surface area (TPSA) is 35.2 Å². The zero-order valence-electron chi connectivity index (χ0n) is 10.2. The van der Waals surface area contributed by atoms with Crippen molar-refractivity contribution in [1.29, 1.82) is 0 Å². The molecule has 0 amide bonds. The van der Waals surface area contributed by atoms with E-state index >= 15 is 0 Å². The normalized spacial score (nSPS) is 12.4. The zero-order chi connectivity index (χ0) is 13.0. The highest BCUT2D eigenvalue weighted by molar-refractivity contribution is 9.10. The molecule has 0 saturated heterocycles. The highest BCUT2D eigenvalue weighted by Crippen LogP contribution is 2.30. The van der Waals surface area contributed by atoms with Crippen molar-refractivity contribution in [3.63, 3.8) is 0 Å². The van der Waals surface area contributed by atoms with Crippen LogP contribution in [0.15, 0.2) is 40.2 Å². The van der Waals surface area contributed by atoms with Gasteiger partial charge in [0.15, 0.2) is 0 Å². The van der Waals surface area contributed by atoms with Gasteiger partial charge in [-0.15, -0.1) is 11.3 Å². The number of methoxy groups -OCH3 is 1. The van der Waals surface area contributed by atoms with E-state index in [0.29, 0.717) is 12.5 Å². The molecule has 1 unspecified atom stereocenters. The molecule has 0 bridgehead atoms. The van der Waals surface area contributed by atoms with Crippen molar-refractivity contribution in [3.05, 3.63) is 50.6 Å². The van der Waals surface area contributed by atoms with E-state index in [4.69, 9.17) is 10.5 Å². The number of nitrogens with two attached hydrogens (primary N) is 1. The quantitative estimate of drug-likeness (QED) is 0.907. The Kier molecular flexibility index (Phi) is 4.80. The van der Waals surface area contributed by atoms with Crippen LogP contribution in [0.5, 0.6) is 5.75 Å². The molecule has 0 aliphatic rings. The molecule has 0 aliphatic carbocycles. The van der Waals surface area contributed by atoms with Crippen molar-refractivity contribution >= 4 is 27.3 Å². The Morgan fingerprint density at radius 2 is 2.22 bits per heavy atom. The van der Waals surface area contributed by atoms with E-state index in [1.54, 1.807) is 18.4 Å². The van der Waals surface area contributed by atoms with Gasteiger partial charge in [-0.25, -0.2) is 0 Å².